The summed E-state index contributed by atoms with van der Waals surface area (Å²) in [5.74, 6) is -0.367. The Kier molecular flexibility index (Phi) is 4.73. The van der Waals surface area contributed by atoms with Crippen molar-refractivity contribution in [2.24, 2.45) is 0 Å². The van der Waals surface area contributed by atoms with Gasteiger partial charge < -0.3 is 5.32 Å². The predicted molar refractivity (Wildman–Crippen MR) is 105 cm³/mol. The van der Waals surface area contributed by atoms with Gasteiger partial charge in [-0.05, 0) is 24.6 Å². The first-order valence-electron chi connectivity index (χ1n) is 8.66. The average molecular weight is 379 g/mol. The Balaban J connectivity index is 1.49. The van der Waals surface area contributed by atoms with E-state index in [2.05, 4.69) is 10.3 Å². The lowest BCUT2D eigenvalue weighted by Crippen LogP contribution is -2.28. The molecule has 2 aromatic heterocycles. The summed E-state index contributed by atoms with van der Waals surface area (Å²) in [6.45, 7) is 1.89. The maximum atomic E-state index is 13.0. The van der Waals surface area contributed by atoms with Gasteiger partial charge in [-0.15, -0.1) is 11.3 Å². The van der Waals surface area contributed by atoms with Crippen molar-refractivity contribution in [3.8, 4) is 11.3 Å². The van der Waals surface area contributed by atoms with Gasteiger partial charge in [0.25, 0.3) is 0 Å². The van der Waals surface area contributed by atoms with Crippen molar-refractivity contribution >= 4 is 22.2 Å². The molecule has 4 aromatic rings. The lowest BCUT2D eigenvalue weighted by Gasteiger charge is -2.14. The normalized spacial score (nSPS) is 12.2. The molecular weight excluding hydrogens is 361 g/mol. The molecular formula is C21H18FN3OS. The Hall–Kier alpha value is -2.99. The zero-order valence-corrected chi connectivity index (χ0v) is 15.5. The second-order valence-corrected chi connectivity index (χ2v) is 7.23. The number of fused-ring (bicyclic) bond motifs is 1. The Bertz CT molecular complexity index is 1070. The van der Waals surface area contributed by atoms with Crippen LogP contribution in [0.5, 0.6) is 0 Å². The number of carbonyl (C=O) groups excluding carboxylic acids is 1. The fraction of sp³-hybridized carbons (Fsp3) is 0.143. The van der Waals surface area contributed by atoms with Crippen LogP contribution in [0.25, 0.3) is 16.2 Å². The van der Waals surface area contributed by atoms with Gasteiger partial charge in [0.1, 0.15) is 5.82 Å². The van der Waals surface area contributed by atoms with Gasteiger partial charge in [-0.3, -0.25) is 9.20 Å². The number of aromatic nitrogens is 2. The van der Waals surface area contributed by atoms with Gasteiger partial charge in [-0.2, -0.15) is 0 Å². The maximum absolute atomic E-state index is 13.0. The molecule has 27 heavy (non-hydrogen) atoms. The molecule has 1 N–H and O–H groups in total. The number of imidazole rings is 1. The number of thiazole rings is 1. The van der Waals surface area contributed by atoms with E-state index in [-0.39, 0.29) is 24.2 Å². The van der Waals surface area contributed by atoms with Crippen molar-refractivity contribution in [3.05, 3.63) is 83.2 Å². The van der Waals surface area contributed by atoms with E-state index >= 15 is 0 Å². The SMILES string of the molecule is CC(NC(=O)Cc1csc2nc(-c3ccccc3)cn12)c1ccc(F)cc1. The Morgan fingerprint density at radius 1 is 1.19 bits per heavy atom. The summed E-state index contributed by atoms with van der Waals surface area (Å²) in [5.41, 5.74) is 3.71. The summed E-state index contributed by atoms with van der Waals surface area (Å²) in [6, 6.07) is 16.0. The van der Waals surface area contributed by atoms with Crippen molar-refractivity contribution in [3.63, 3.8) is 0 Å². The Morgan fingerprint density at radius 2 is 1.93 bits per heavy atom. The fourth-order valence-electron chi connectivity index (χ4n) is 3.00. The van der Waals surface area contributed by atoms with Crippen LogP contribution in [0, 0.1) is 5.82 Å². The third-order valence-corrected chi connectivity index (χ3v) is 5.33. The van der Waals surface area contributed by atoms with E-state index in [1.54, 1.807) is 12.1 Å². The van der Waals surface area contributed by atoms with Crippen LogP contribution in [0.3, 0.4) is 0 Å². The third-order valence-electron chi connectivity index (χ3n) is 4.44. The molecule has 1 atom stereocenters. The van der Waals surface area contributed by atoms with Crippen molar-refractivity contribution in [2.75, 3.05) is 0 Å². The van der Waals surface area contributed by atoms with E-state index in [1.807, 2.05) is 53.2 Å². The van der Waals surface area contributed by atoms with E-state index in [4.69, 9.17) is 0 Å². The highest BCUT2D eigenvalue weighted by Gasteiger charge is 2.14. The molecule has 0 bridgehead atoms. The average Bonchev–Trinajstić information content (AvgIpc) is 3.25. The molecule has 2 heterocycles. The van der Waals surface area contributed by atoms with Crippen LogP contribution in [0.2, 0.25) is 0 Å². The standard InChI is InChI=1S/C21H18FN3OS/c1-14(15-7-9-17(22)10-8-15)23-20(26)11-18-13-27-21-24-19(12-25(18)21)16-5-3-2-4-6-16/h2-10,12-14H,11H2,1H3,(H,23,26). The molecule has 0 aliphatic rings. The van der Waals surface area contributed by atoms with E-state index in [0.29, 0.717) is 0 Å². The molecule has 6 heteroatoms. The number of benzene rings is 2. The van der Waals surface area contributed by atoms with Gasteiger partial charge in [0.2, 0.25) is 5.91 Å². The number of carbonyl (C=O) groups is 1. The number of nitrogens with one attached hydrogen (secondary N) is 1. The number of amides is 1. The first kappa shape index (κ1) is 17.4. The van der Waals surface area contributed by atoms with Crippen LogP contribution in [0.1, 0.15) is 24.2 Å². The molecule has 0 fully saturated rings. The smallest absolute Gasteiger partial charge is 0.226 e. The summed E-state index contributed by atoms with van der Waals surface area (Å²) in [7, 11) is 0. The first-order valence-corrected chi connectivity index (χ1v) is 9.54. The molecule has 1 unspecified atom stereocenters. The second kappa shape index (κ2) is 7.32. The van der Waals surface area contributed by atoms with Gasteiger partial charge in [0.05, 0.1) is 18.2 Å². The molecule has 0 spiro atoms. The summed E-state index contributed by atoms with van der Waals surface area (Å²) in [5, 5.41) is 4.92. The molecule has 1 amide bonds. The Labute approximate surface area is 160 Å². The lowest BCUT2D eigenvalue weighted by molar-refractivity contribution is -0.121. The summed E-state index contributed by atoms with van der Waals surface area (Å²) in [6.07, 6.45) is 2.23. The predicted octanol–water partition coefficient (Wildman–Crippen LogP) is 4.62. The molecule has 0 aliphatic carbocycles. The van der Waals surface area contributed by atoms with Crippen LogP contribution < -0.4 is 5.32 Å². The van der Waals surface area contributed by atoms with Crippen LogP contribution in [-0.4, -0.2) is 15.3 Å². The van der Waals surface area contributed by atoms with Gasteiger partial charge in [0.15, 0.2) is 4.96 Å². The van der Waals surface area contributed by atoms with Crippen molar-refractivity contribution < 1.29 is 9.18 Å². The number of halogens is 1. The zero-order valence-electron chi connectivity index (χ0n) is 14.7. The third kappa shape index (κ3) is 3.75. The summed E-state index contributed by atoms with van der Waals surface area (Å²) >= 11 is 1.52. The molecule has 136 valence electrons. The van der Waals surface area contributed by atoms with Crippen molar-refractivity contribution in [2.45, 2.75) is 19.4 Å². The van der Waals surface area contributed by atoms with Crippen LogP contribution in [0.4, 0.5) is 4.39 Å². The van der Waals surface area contributed by atoms with Gasteiger partial charge in [-0.25, -0.2) is 9.37 Å². The van der Waals surface area contributed by atoms with Crippen LogP contribution in [-0.2, 0) is 11.2 Å². The monoisotopic (exact) mass is 379 g/mol. The summed E-state index contributed by atoms with van der Waals surface area (Å²) in [4.78, 5) is 18.0. The minimum absolute atomic E-state index is 0.0820. The number of hydrogen-bond donors (Lipinski definition) is 1. The topological polar surface area (TPSA) is 46.4 Å². The zero-order chi connectivity index (χ0) is 18.8. The van der Waals surface area contributed by atoms with Gasteiger partial charge in [0, 0.05) is 22.8 Å². The minimum atomic E-state index is -0.285. The van der Waals surface area contributed by atoms with Crippen LogP contribution >= 0.6 is 11.3 Å². The number of rotatable bonds is 5. The number of nitrogens with zero attached hydrogens (tertiary/aromatic N) is 2. The molecule has 0 saturated heterocycles. The van der Waals surface area contributed by atoms with Gasteiger partial charge in [-0.1, -0.05) is 42.5 Å². The second-order valence-electron chi connectivity index (χ2n) is 6.39. The van der Waals surface area contributed by atoms with E-state index < -0.39 is 0 Å². The highest BCUT2D eigenvalue weighted by Crippen LogP contribution is 2.24. The fourth-order valence-corrected chi connectivity index (χ4v) is 3.87. The number of hydrogen-bond acceptors (Lipinski definition) is 3. The molecule has 4 nitrogen and oxygen atoms in total. The minimum Gasteiger partial charge on any atom is -0.349 e. The summed E-state index contributed by atoms with van der Waals surface area (Å²) < 4.78 is 15.0. The van der Waals surface area contributed by atoms with E-state index in [1.165, 1.54) is 23.5 Å². The van der Waals surface area contributed by atoms with Crippen LogP contribution in [0.15, 0.2) is 66.2 Å². The first-order chi connectivity index (χ1) is 13.1. The molecule has 2 aromatic carbocycles. The molecule has 0 radical (unpaired) electrons. The quantitative estimate of drug-likeness (QED) is 0.550. The largest absolute Gasteiger partial charge is 0.349 e. The highest BCUT2D eigenvalue weighted by atomic mass is 32.1. The van der Waals surface area contributed by atoms with E-state index in [9.17, 15) is 9.18 Å². The highest BCUT2D eigenvalue weighted by molar-refractivity contribution is 7.15. The molecule has 4 rings (SSSR count). The molecule has 0 saturated carbocycles. The molecule has 0 aliphatic heterocycles. The van der Waals surface area contributed by atoms with Crippen molar-refractivity contribution in [1.29, 1.82) is 0 Å². The van der Waals surface area contributed by atoms with E-state index in [0.717, 1.165) is 27.5 Å². The Morgan fingerprint density at radius 3 is 2.67 bits per heavy atom. The van der Waals surface area contributed by atoms with Crippen molar-refractivity contribution in [1.82, 2.24) is 14.7 Å². The van der Waals surface area contributed by atoms with Gasteiger partial charge >= 0.3 is 0 Å². The maximum Gasteiger partial charge on any atom is 0.226 e. The lowest BCUT2D eigenvalue weighted by atomic mass is 10.1.